The molecular formula is C14H21NO4. The molecule has 3 N–H and O–H groups in total. The molecule has 106 valence electrons. The quantitative estimate of drug-likeness (QED) is 0.625. The highest BCUT2D eigenvalue weighted by atomic mass is 16.5. The number of para-hydroxylation sites is 1. The molecule has 3 unspecified atom stereocenters. The summed E-state index contributed by atoms with van der Waals surface area (Å²) in [6.45, 7) is 1.52. The van der Waals surface area contributed by atoms with Gasteiger partial charge in [0.15, 0.2) is 0 Å². The largest absolute Gasteiger partial charge is 0.494 e. The van der Waals surface area contributed by atoms with E-state index in [2.05, 4.69) is 0 Å². The first-order valence-electron chi connectivity index (χ1n) is 6.61. The smallest absolute Gasteiger partial charge is 0.119 e. The fourth-order valence-electron chi connectivity index (χ4n) is 2.41. The van der Waals surface area contributed by atoms with Gasteiger partial charge in [-0.25, -0.2) is 0 Å². The Balaban J connectivity index is 1.71. The molecule has 5 nitrogen and oxygen atoms in total. The summed E-state index contributed by atoms with van der Waals surface area (Å²) in [6, 6.07) is 9.21. The third-order valence-electron chi connectivity index (χ3n) is 3.47. The highest BCUT2D eigenvalue weighted by Gasteiger charge is 2.38. The predicted octanol–water partition coefficient (Wildman–Crippen LogP) is -0.146. The van der Waals surface area contributed by atoms with Gasteiger partial charge in [-0.05, 0) is 18.6 Å². The van der Waals surface area contributed by atoms with Crippen molar-refractivity contribution in [1.29, 1.82) is 0 Å². The fraction of sp³-hybridized carbons (Fsp3) is 0.571. The van der Waals surface area contributed by atoms with Crippen molar-refractivity contribution in [3.63, 3.8) is 0 Å². The van der Waals surface area contributed by atoms with Gasteiger partial charge < -0.3 is 20.1 Å². The second kappa shape index (κ2) is 6.86. The van der Waals surface area contributed by atoms with E-state index in [0.29, 0.717) is 19.7 Å². The summed E-state index contributed by atoms with van der Waals surface area (Å²) in [6.07, 6.45) is -0.850. The lowest BCUT2D eigenvalue weighted by Gasteiger charge is -2.23. The van der Waals surface area contributed by atoms with Gasteiger partial charge in [-0.3, -0.25) is 4.90 Å². The Kier molecular flexibility index (Phi) is 5.15. The minimum absolute atomic E-state index is 0.141. The Labute approximate surface area is 113 Å². The molecule has 0 aliphatic carbocycles. The molecule has 1 fully saturated rings. The van der Waals surface area contributed by atoms with E-state index in [-0.39, 0.29) is 12.6 Å². The molecule has 5 heteroatoms. The maximum absolute atomic E-state index is 9.68. The third-order valence-corrected chi connectivity index (χ3v) is 3.47. The summed E-state index contributed by atoms with van der Waals surface area (Å²) in [4.78, 5) is 1.91. The Bertz CT molecular complexity index is 373. The van der Waals surface area contributed by atoms with Gasteiger partial charge in [0.25, 0.3) is 0 Å². The first-order chi connectivity index (χ1) is 9.22. The Morgan fingerprint density at radius 1 is 1.21 bits per heavy atom. The van der Waals surface area contributed by atoms with Crippen LogP contribution in [0.2, 0.25) is 0 Å². The van der Waals surface area contributed by atoms with Crippen molar-refractivity contribution < 1.29 is 20.1 Å². The molecule has 1 aliphatic heterocycles. The van der Waals surface area contributed by atoms with Crippen LogP contribution in [0.1, 0.15) is 6.42 Å². The number of rotatable bonds is 6. The van der Waals surface area contributed by atoms with Gasteiger partial charge in [-0.1, -0.05) is 18.2 Å². The molecule has 0 amide bonds. The second-order valence-corrected chi connectivity index (χ2v) is 4.82. The summed E-state index contributed by atoms with van der Waals surface area (Å²) >= 11 is 0. The Morgan fingerprint density at radius 2 is 1.95 bits per heavy atom. The zero-order valence-electron chi connectivity index (χ0n) is 10.9. The summed E-state index contributed by atoms with van der Waals surface area (Å²) < 4.78 is 5.57. The first-order valence-corrected chi connectivity index (χ1v) is 6.61. The van der Waals surface area contributed by atoms with E-state index in [1.54, 1.807) is 0 Å². The molecule has 1 saturated heterocycles. The van der Waals surface area contributed by atoms with Gasteiger partial charge in [0.05, 0.1) is 31.5 Å². The van der Waals surface area contributed by atoms with Crippen LogP contribution in [-0.4, -0.2) is 64.8 Å². The monoisotopic (exact) mass is 267 g/mol. The van der Waals surface area contributed by atoms with Crippen LogP contribution in [0.25, 0.3) is 0 Å². The Hall–Kier alpha value is -1.14. The van der Waals surface area contributed by atoms with Crippen LogP contribution in [0.3, 0.4) is 0 Å². The van der Waals surface area contributed by atoms with E-state index in [4.69, 9.17) is 4.74 Å². The van der Waals surface area contributed by atoms with Crippen molar-refractivity contribution in [2.24, 2.45) is 0 Å². The van der Waals surface area contributed by atoms with Gasteiger partial charge >= 0.3 is 0 Å². The highest BCUT2D eigenvalue weighted by molar-refractivity contribution is 5.20. The van der Waals surface area contributed by atoms with Crippen LogP contribution in [-0.2, 0) is 0 Å². The van der Waals surface area contributed by atoms with Gasteiger partial charge in [-0.15, -0.1) is 0 Å². The van der Waals surface area contributed by atoms with E-state index >= 15 is 0 Å². The zero-order chi connectivity index (χ0) is 13.7. The average molecular weight is 267 g/mol. The van der Waals surface area contributed by atoms with Crippen molar-refractivity contribution in [1.82, 2.24) is 4.90 Å². The molecule has 0 aromatic heterocycles. The normalized spacial score (nSPS) is 27.6. The number of nitrogens with zero attached hydrogens (tertiary/aromatic N) is 1. The molecule has 1 aromatic carbocycles. The number of aliphatic hydroxyl groups excluding tert-OH is 3. The zero-order valence-corrected chi connectivity index (χ0v) is 10.9. The van der Waals surface area contributed by atoms with Gasteiger partial charge in [0, 0.05) is 13.1 Å². The lowest BCUT2D eigenvalue weighted by atomic mass is 10.1. The third kappa shape index (κ3) is 3.67. The number of benzene rings is 1. The number of aliphatic hydroxyl groups is 3. The van der Waals surface area contributed by atoms with Gasteiger partial charge in [0.1, 0.15) is 5.75 Å². The van der Waals surface area contributed by atoms with Crippen LogP contribution < -0.4 is 4.74 Å². The standard InChI is InChI=1S/C14H21NO4/c16-10-12-14(18)13(17)9-15(12)7-4-8-19-11-5-2-1-3-6-11/h1-3,5-6,12-14,16-18H,4,7-10H2. The SMILES string of the molecule is OCC1C(O)C(O)CN1CCCOc1ccccc1. The van der Waals surface area contributed by atoms with Crippen molar-refractivity contribution >= 4 is 0 Å². The average Bonchev–Trinajstić information content (AvgIpc) is 2.71. The topological polar surface area (TPSA) is 73.2 Å². The summed E-state index contributed by atoms with van der Waals surface area (Å²) in [7, 11) is 0. The van der Waals surface area contributed by atoms with Crippen LogP contribution in [0.15, 0.2) is 30.3 Å². The van der Waals surface area contributed by atoms with Gasteiger partial charge in [-0.2, -0.15) is 0 Å². The Morgan fingerprint density at radius 3 is 2.63 bits per heavy atom. The van der Waals surface area contributed by atoms with E-state index in [9.17, 15) is 15.3 Å². The van der Waals surface area contributed by atoms with E-state index in [0.717, 1.165) is 12.2 Å². The molecular weight excluding hydrogens is 246 g/mol. The lowest BCUT2D eigenvalue weighted by molar-refractivity contribution is 0.0214. The molecule has 3 atom stereocenters. The molecule has 0 spiro atoms. The molecule has 0 bridgehead atoms. The second-order valence-electron chi connectivity index (χ2n) is 4.82. The number of likely N-dealkylation sites (tertiary alicyclic amines) is 1. The summed E-state index contributed by atoms with van der Waals surface area (Å²) in [5.74, 6) is 0.836. The number of ether oxygens (including phenoxy) is 1. The van der Waals surface area contributed by atoms with E-state index < -0.39 is 12.2 Å². The number of β-amino-alcohol motifs (C(OH)–C–C–N with tert-alkyl or cyclic N) is 1. The van der Waals surface area contributed by atoms with Crippen LogP contribution in [0.4, 0.5) is 0 Å². The fourth-order valence-corrected chi connectivity index (χ4v) is 2.41. The highest BCUT2D eigenvalue weighted by Crippen LogP contribution is 2.18. The van der Waals surface area contributed by atoms with Gasteiger partial charge in [0.2, 0.25) is 0 Å². The molecule has 2 rings (SSSR count). The number of hydrogen-bond donors (Lipinski definition) is 3. The molecule has 1 heterocycles. The van der Waals surface area contributed by atoms with Crippen molar-refractivity contribution in [3.8, 4) is 5.75 Å². The molecule has 19 heavy (non-hydrogen) atoms. The molecule has 1 aromatic rings. The predicted molar refractivity (Wildman–Crippen MR) is 71.0 cm³/mol. The van der Waals surface area contributed by atoms with Crippen LogP contribution in [0.5, 0.6) is 5.75 Å². The number of hydrogen-bond acceptors (Lipinski definition) is 5. The van der Waals surface area contributed by atoms with E-state index in [1.807, 2.05) is 35.2 Å². The van der Waals surface area contributed by atoms with E-state index in [1.165, 1.54) is 0 Å². The minimum atomic E-state index is -0.861. The van der Waals surface area contributed by atoms with Crippen molar-refractivity contribution in [2.45, 2.75) is 24.7 Å². The maximum Gasteiger partial charge on any atom is 0.119 e. The maximum atomic E-state index is 9.68. The lowest BCUT2D eigenvalue weighted by Crippen LogP contribution is -2.39. The van der Waals surface area contributed by atoms with Crippen molar-refractivity contribution in [3.05, 3.63) is 30.3 Å². The van der Waals surface area contributed by atoms with Crippen LogP contribution >= 0.6 is 0 Å². The molecule has 0 saturated carbocycles. The molecule has 1 aliphatic rings. The minimum Gasteiger partial charge on any atom is -0.494 e. The summed E-state index contributed by atoms with van der Waals surface area (Å²) in [5.41, 5.74) is 0. The first kappa shape index (κ1) is 14.3. The summed E-state index contributed by atoms with van der Waals surface area (Å²) in [5, 5.41) is 28.5. The van der Waals surface area contributed by atoms with Crippen molar-refractivity contribution in [2.75, 3.05) is 26.3 Å². The molecule has 0 radical (unpaired) electrons. The van der Waals surface area contributed by atoms with Crippen LogP contribution in [0, 0.1) is 0 Å².